The second kappa shape index (κ2) is 32.6. The topological polar surface area (TPSA) is 337 Å². The Balaban J connectivity index is 0.000000311. The van der Waals surface area contributed by atoms with E-state index in [0.717, 1.165) is 21.6 Å². The number of nitrogens with zero attached hydrogens (tertiary/aromatic N) is 4. The predicted octanol–water partition coefficient (Wildman–Crippen LogP) is 3.74. The number of likely N-dealkylation sites (tertiary alicyclic amines) is 1. The van der Waals surface area contributed by atoms with Crippen LogP contribution in [0.25, 0.3) is 0 Å². The van der Waals surface area contributed by atoms with E-state index in [-0.39, 0.29) is 76.8 Å². The molecule has 3 aromatic rings. The number of ether oxygens (including phenoxy) is 5. The number of hydrogen-bond donors (Lipinski definition) is 7. The van der Waals surface area contributed by atoms with Gasteiger partial charge in [-0.1, -0.05) is 97.6 Å². The van der Waals surface area contributed by atoms with Crippen LogP contribution in [-0.2, 0) is 72.1 Å². The molecule has 0 bridgehead atoms. The first-order valence-electron chi connectivity index (χ1n) is 27.9. The van der Waals surface area contributed by atoms with Crippen LogP contribution in [0.3, 0.4) is 0 Å². The molecule has 0 aromatic heterocycles. The molecule has 0 radical (unpaired) electrons. The van der Waals surface area contributed by atoms with E-state index in [1.807, 2.05) is 66.7 Å². The summed E-state index contributed by atoms with van der Waals surface area (Å²) < 4.78 is 26.2. The summed E-state index contributed by atoms with van der Waals surface area (Å²) in [5.41, 5.74) is 6.71. The summed E-state index contributed by atoms with van der Waals surface area (Å²) in [5.74, 6) is -4.35. The fraction of sp³-hybridized carbons (Fsp3) is 0.475. The number of piperazine rings is 1. The van der Waals surface area contributed by atoms with Crippen molar-refractivity contribution in [3.63, 3.8) is 0 Å². The highest BCUT2D eigenvalue weighted by atomic mass is 16.6. The molecule has 3 saturated heterocycles. The van der Waals surface area contributed by atoms with Crippen LogP contribution in [0.1, 0.15) is 83.9 Å². The number of β-lactam (4-membered cyclic amide) rings is 2. The number of nitrogens with two attached hydrogens (primary N) is 1. The van der Waals surface area contributed by atoms with E-state index in [0.29, 0.717) is 38.6 Å². The molecule has 2 unspecified atom stereocenters. The smallest absolute Gasteiger partial charge is 0.414 e. The second-order valence-corrected chi connectivity index (χ2v) is 21.9. The number of carbonyl (C=O) groups is 10. The molecule has 85 heavy (non-hydrogen) atoms. The molecule has 8 N–H and O–H groups in total. The highest BCUT2D eigenvalue weighted by Crippen LogP contribution is 2.32. The molecule has 26 heteroatoms. The molecule has 9 amide bonds. The molecule has 0 saturated carbocycles. The first kappa shape index (κ1) is 66.6. The lowest BCUT2D eigenvalue weighted by molar-refractivity contribution is -0.160. The van der Waals surface area contributed by atoms with Gasteiger partial charge in [0.05, 0.1) is 24.3 Å². The van der Waals surface area contributed by atoms with E-state index in [4.69, 9.17) is 29.4 Å². The second-order valence-electron chi connectivity index (χ2n) is 21.9. The third-order valence-electron chi connectivity index (χ3n) is 12.8. The van der Waals surface area contributed by atoms with Gasteiger partial charge in [-0.25, -0.2) is 19.2 Å². The molecule has 0 aliphatic carbocycles. The Labute approximate surface area is 494 Å². The van der Waals surface area contributed by atoms with Crippen molar-refractivity contribution >= 4 is 65.8 Å². The van der Waals surface area contributed by atoms with Gasteiger partial charge >= 0.3 is 36.2 Å². The molecule has 4 atom stereocenters. The first-order valence-corrected chi connectivity index (χ1v) is 27.9. The van der Waals surface area contributed by atoms with Crippen LogP contribution in [0.4, 0.5) is 19.2 Å². The Kier molecular flexibility index (Phi) is 25.5. The standard InChI is InChI=1S/C30H37N5O8.C29H42N6O7/c1-30(2,3)43-23(36)17-32-26(38)24-22(25(37)33-24)15-10-16-31-27(34-28(39)41-18-20-11-6-4-7-12-20)35-29(40)42-19-21-13-8-5-9-14-21;1-20(30)31-13-8-11-22-24(25(37)32-19-23(36)42-29(2,3)4)35(26(22)38)27(39)33-14-16-34(17-15-33)28(40)41-18-12-21-9-6-5-7-10-21/h4-9,11-14,22,24H,10,15-19H2,1-3H3,(H,32,38)(H,33,37)(H2,31,34,35,39,40);5-7,9-10,22,24,31H,1,8,11-19,30H2,2-4H3,(H,32,37)/t2*22-,24?/m11/s1. The van der Waals surface area contributed by atoms with Crippen LogP contribution in [-0.4, -0.2) is 163 Å². The van der Waals surface area contributed by atoms with Gasteiger partial charge in [-0.15, -0.1) is 0 Å². The van der Waals surface area contributed by atoms with Crippen molar-refractivity contribution in [3.05, 3.63) is 120 Å². The molecule has 3 fully saturated rings. The van der Waals surface area contributed by atoms with Crippen LogP contribution < -0.4 is 37.6 Å². The molecule has 3 aromatic carbocycles. The van der Waals surface area contributed by atoms with Gasteiger partial charge in [0.2, 0.25) is 29.6 Å². The molecule has 3 heterocycles. The van der Waals surface area contributed by atoms with Crippen molar-refractivity contribution in [2.75, 3.05) is 59.0 Å². The number of urea groups is 1. The number of alkyl carbamates (subject to hydrolysis) is 2. The number of carbonyl (C=O) groups excluding carboxylic acids is 10. The fourth-order valence-corrected chi connectivity index (χ4v) is 8.71. The average Bonchev–Trinajstić information content (AvgIpc) is 1.49. The maximum atomic E-state index is 13.4. The lowest BCUT2D eigenvalue weighted by atomic mass is 9.83. The van der Waals surface area contributed by atoms with E-state index in [1.165, 1.54) is 9.80 Å². The Morgan fingerprint density at radius 1 is 0.635 bits per heavy atom. The van der Waals surface area contributed by atoms with Crippen molar-refractivity contribution in [2.24, 2.45) is 22.6 Å². The summed E-state index contributed by atoms with van der Waals surface area (Å²) in [4.78, 5) is 134. The normalized spacial score (nSPS) is 17.0. The summed E-state index contributed by atoms with van der Waals surface area (Å²) >= 11 is 0. The van der Waals surface area contributed by atoms with Crippen LogP contribution in [0, 0.1) is 11.8 Å². The molecule has 3 aliphatic rings. The molecule has 6 rings (SSSR count). The van der Waals surface area contributed by atoms with Crippen molar-refractivity contribution in [3.8, 4) is 0 Å². The predicted molar refractivity (Wildman–Crippen MR) is 309 cm³/mol. The van der Waals surface area contributed by atoms with Crippen LogP contribution in [0.5, 0.6) is 0 Å². The lowest BCUT2D eigenvalue weighted by Crippen LogP contribution is -2.71. The highest BCUT2D eigenvalue weighted by molar-refractivity contribution is 6.09. The van der Waals surface area contributed by atoms with E-state index in [9.17, 15) is 47.9 Å². The summed E-state index contributed by atoms with van der Waals surface area (Å²) in [6, 6.07) is 25.3. The van der Waals surface area contributed by atoms with Crippen molar-refractivity contribution < 1.29 is 71.6 Å². The van der Waals surface area contributed by atoms with Crippen LogP contribution in [0.15, 0.2) is 108 Å². The van der Waals surface area contributed by atoms with Gasteiger partial charge in [0.1, 0.15) is 49.6 Å². The van der Waals surface area contributed by atoms with Gasteiger partial charge in [-0.3, -0.25) is 49.3 Å². The average molecular weight is 1180 g/mol. The van der Waals surface area contributed by atoms with E-state index >= 15 is 0 Å². The van der Waals surface area contributed by atoms with Gasteiger partial charge in [0.15, 0.2) is 0 Å². The fourth-order valence-electron chi connectivity index (χ4n) is 8.71. The van der Waals surface area contributed by atoms with E-state index < -0.39 is 95.6 Å². The van der Waals surface area contributed by atoms with Gasteiger partial charge < -0.3 is 60.5 Å². The van der Waals surface area contributed by atoms with Gasteiger partial charge in [-0.05, 0) is 83.9 Å². The number of benzene rings is 3. The van der Waals surface area contributed by atoms with E-state index in [2.05, 4.69) is 43.5 Å². The summed E-state index contributed by atoms with van der Waals surface area (Å²) in [6.07, 6.45) is -0.0740. The zero-order valence-electron chi connectivity index (χ0n) is 49.0. The number of esters is 2. The van der Waals surface area contributed by atoms with Crippen molar-refractivity contribution in [1.29, 1.82) is 0 Å². The Morgan fingerprint density at radius 2 is 1.12 bits per heavy atom. The zero-order valence-corrected chi connectivity index (χ0v) is 49.0. The van der Waals surface area contributed by atoms with Crippen molar-refractivity contribution in [1.82, 2.24) is 46.6 Å². The number of hydrogen-bond acceptors (Lipinski definition) is 18. The molecular weight excluding hydrogens is 1100 g/mol. The maximum absolute atomic E-state index is 13.4. The Morgan fingerprint density at radius 3 is 1.61 bits per heavy atom. The minimum atomic E-state index is -1.07. The third-order valence-corrected chi connectivity index (χ3v) is 12.8. The summed E-state index contributed by atoms with van der Waals surface area (Å²) in [7, 11) is 0. The number of rotatable bonds is 22. The third kappa shape index (κ3) is 23.2. The number of aliphatic imine (C=N–C) groups is 1. The minimum Gasteiger partial charge on any atom is -0.459 e. The zero-order chi connectivity index (χ0) is 62.1. The van der Waals surface area contributed by atoms with Crippen molar-refractivity contribution in [2.45, 2.75) is 110 Å². The first-order chi connectivity index (χ1) is 40.4. The van der Waals surface area contributed by atoms with E-state index in [1.54, 1.807) is 65.8 Å². The molecule has 26 nitrogen and oxygen atoms in total. The largest absolute Gasteiger partial charge is 0.459 e. The summed E-state index contributed by atoms with van der Waals surface area (Å²) in [6.45, 7) is 14.7. The maximum Gasteiger partial charge on any atom is 0.414 e. The summed E-state index contributed by atoms with van der Waals surface area (Å²) in [5, 5.41) is 15.2. The number of nitrogens with one attached hydrogen (secondary N) is 6. The Bertz CT molecular complexity index is 2760. The molecular formula is C59H79N11O15. The number of guanidine groups is 1. The quantitative estimate of drug-likeness (QED) is 0.0188. The van der Waals surface area contributed by atoms with Crippen LogP contribution >= 0.6 is 0 Å². The van der Waals surface area contributed by atoms with Gasteiger partial charge in [0.25, 0.3) is 0 Å². The highest BCUT2D eigenvalue weighted by Gasteiger charge is 2.55. The lowest BCUT2D eigenvalue weighted by Gasteiger charge is -2.47. The minimum absolute atomic E-state index is 0.00653. The van der Waals surface area contributed by atoms with Gasteiger partial charge in [0, 0.05) is 45.7 Å². The van der Waals surface area contributed by atoms with Crippen LogP contribution in [0.2, 0.25) is 0 Å². The molecule has 460 valence electrons. The number of amides is 9. The molecule has 3 aliphatic heterocycles. The monoisotopic (exact) mass is 1180 g/mol. The number of imide groups is 1. The molecule has 0 spiro atoms. The van der Waals surface area contributed by atoms with Gasteiger partial charge in [-0.2, -0.15) is 0 Å². The SMILES string of the molecule is C=C(N)NCCC[C@H]1C(=O)N(C(=O)N2CCN(C(=O)OCCc3ccccc3)CC2)C1C(=O)NCC(=O)OC(C)(C)C.CC(C)(C)OC(=O)CNC(=O)C1NC(=O)[C@@H]1CCCN=C(NC(=O)OCc1ccccc1)NC(=O)OCc1ccccc1. The Hall–Kier alpha value is -9.23.